The minimum Gasteiger partial charge on any atom is -0.302 e. The Kier molecular flexibility index (Phi) is 7.66. The van der Waals surface area contributed by atoms with E-state index in [4.69, 9.17) is 92.8 Å². The predicted molar refractivity (Wildman–Crippen MR) is 166 cm³/mol. The monoisotopic (exact) mass is 756 g/mol. The number of amides is 1. The molecule has 0 saturated heterocycles. The highest BCUT2D eigenvalue weighted by Gasteiger charge is 2.45. The van der Waals surface area contributed by atoms with Gasteiger partial charge in [-0.15, -0.1) is 0 Å². The number of carbonyl (C=O) groups is 3. The van der Waals surface area contributed by atoms with Crippen molar-refractivity contribution in [3.8, 4) is 0 Å². The minimum atomic E-state index is -4.78. The lowest BCUT2D eigenvalue weighted by Crippen LogP contribution is -2.24. The second-order valence-electron chi connectivity index (χ2n) is 9.39. The standard InChI is InChI=1S/C26H8Cl8N2O6S/c27-15-8-5-36(26(39)11(8)16(28)20(32)19(15)31)10-4-7(43(40,41)42)3-6-1-2-9(35-23(6)10)12-24(37)13-14(25(12)38)18(30)22(34)21(33)17(13)29/h1-4,12H,5H2,(H,40,41,42). The van der Waals surface area contributed by atoms with Crippen LogP contribution in [0, 0.1) is 0 Å². The summed E-state index contributed by atoms with van der Waals surface area (Å²) in [6.07, 6.45) is 0. The van der Waals surface area contributed by atoms with Gasteiger partial charge in [0.1, 0.15) is 5.92 Å². The summed E-state index contributed by atoms with van der Waals surface area (Å²) in [7, 11) is -4.78. The molecule has 0 saturated carbocycles. The van der Waals surface area contributed by atoms with E-state index in [1.807, 2.05) is 0 Å². The van der Waals surface area contributed by atoms with Crippen molar-refractivity contribution in [2.45, 2.75) is 17.4 Å². The highest BCUT2D eigenvalue weighted by Crippen LogP contribution is 2.49. The first-order valence-electron chi connectivity index (χ1n) is 11.6. The van der Waals surface area contributed by atoms with Crippen molar-refractivity contribution in [3.63, 3.8) is 0 Å². The molecule has 1 aliphatic carbocycles. The fourth-order valence-electron chi connectivity index (χ4n) is 5.10. The number of halogens is 8. The van der Waals surface area contributed by atoms with Gasteiger partial charge in [0.25, 0.3) is 16.0 Å². The Labute approximate surface area is 282 Å². The highest BCUT2D eigenvalue weighted by atomic mass is 35.5. The second-order valence-corrected chi connectivity index (χ2v) is 13.8. The third-order valence-corrected chi connectivity index (χ3v) is 11.6. The van der Waals surface area contributed by atoms with E-state index in [1.54, 1.807) is 0 Å². The van der Waals surface area contributed by atoms with Crippen molar-refractivity contribution < 1.29 is 27.4 Å². The van der Waals surface area contributed by atoms with E-state index >= 15 is 0 Å². The molecule has 1 aromatic heterocycles. The van der Waals surface area contributed by atoms with Crippen molar-refractivity contribution in [2.24, 2.45) is 0 Å². The molecule has 0 radical (unpaired) electrons. The maximum absolute atomic E-state index is 13.7. The smallest absolute Gasteiger partial charge is 0.294 e. The molecule has 0 unspecified atom stereocenters. The predicted octanol–water partition coefficient (Wildman–Crippen LogP) is 9.03. The molecule has 4 aromatic rings. The van der Waals surface area contributed by atoms with Gasteiger partial charge in [-0.3, -0.25) is 18.9 Å². The summed E-state index contributed by atoms with van der Waals surface area (Å²) in [5, 5.41) is -1.25. The Balaban J connectivity index is 1.57. The summed E-state index contributed by atoms with van der Waals surface area (Å²) in [6.45, 7) is -0.242. The lowest BCUT2D eigenvalue weighted by Gasteiger charge is -2.19. The number of fused-ring (bicyclic) bond motifs is 3. The zero-order chi connectivity index (χ0) is 31.4. The van der Waals surface area contributed by atoms with Gasteiger partial charge in [-0.05, 0) is 18.2 Å². The van der Waals surface area contributed by atoms with E-state index in [1.165, 1.54) is 12.1 Å². The lowest BCUT2D eigenvalue weighted by molar-refractivity contribution is 0.0887. The lowest BCUT2D eigenvalue weighted by atomic mass is 9.98. The summed E-state index contributed by atoms with van der Waals surface area (Å²) < 4.78 is 34.2. The number of ketones is 2. The molecule has 1 aliphatic heterocycles. The SMILES string of the molecule is O=C1c2c(Cl)c(Cl)c(Cl)c(Cl)c2C(=O)C1c1ccc2cc(S(=O)(=O)O)cc(N3Cc4c(Cl)c(Cl)c(Cl)c(Cl)c4C3=O)c2n1. The van der Waals surface area contributed by atoms with Crippen molar-refractivity contribution in [1.82, 2.24) is 4.98 Å². The van der Waals surface area contributed by atoms with E-state index in [0.717, 1.165) is 17.0 Å². The van der Waals surface area contributed by atoms with Gasteiger partial charge in [0.2, 0.25) is 0 Å². The molecule has 2 heterocycles. The van der Waals surface area contributed by atoms with E-state index in [2.05, 4.69) is 4.98 Å². The van der Waals surface area contributed by atoms with Crippen molar-refractivity contribution >= 4 is 137 Å². The Hall–Kier alpha value is -1.89. The number of Topliss-reactive ketones (excluding diaryl/α,β-unsaturated/α-hetero) is 2. The van der Waals surface area contributed by atoms with Crippen LogP contribution in [0.4, 0.5) is 5.69 Å². The zero-order valence-corrected chi connectivity index (χ0v) is 27.3. The van der Waals surface area contributed by atoms with Crippen LogP contribution in [0.1, 0.15) is 48.2 Å². The van der Waals surface area contributed by atoms with Crippen LogP contribution >= 0.6 is 92.8 Å². The van der Waals surface area contributed by atoms with Crippen LogP contribution in [0.15, 0.2) is 29.2 Å². The number of anilines is 1. The topological polar surface area (TPSA) is 122 Å². The first-order valence-corrected chi connectivity index (χ1v) is 16.1. The number of nitrogens with zero attached hydrogens (tertiary/aromatic N) is 2. The number of aromatic nitrogens is 1. The molecule has 1 N–H and O–H groups in total. The first kappa shape index (κ1) is 31.1. The molecular weight excluding hydrogens is 752 g/mol. The third-order valence-electron chi connectivity index (χ3n) is 7.08. The Morgan fingerprint density at radius 1 is 0.721 bits per heavy atom. The summed E-state index contributed by atoms with van der Waals surface area (Å²) in [6, 6.07) is 4.78. The van der Waals surface area contributed by atoms with Crippen molar-refractivity contribution in [3.05, 3.63) is 92.4 Å². The quantitative estimate of drug-likeness (QED) is 0.0958. The van der Waals surface area contributed by atoms with Crippen LogP contribution < -0.4 is 4.90 Å². The van der Waals surface area contributed by atoms with Crippen LogP contribution in [0.2, 0.25) is 40.2 Å². The van der Waals surface area contributed by atoms with E-state index in [-0.39, 0.29) is 91.3 Å². The normalized spacial score (nSPS) is 15.2. The van der Waals surface area contributed by atoms with Crippen LogP contribution in [0.3, 0.4) is 0 Å². The molecule has 43 heavy (non-hydrogen) atoms. The van der Waals surface area contributed by atoms with Crippen LogP contribution in [0.5, 0.6) is 0 Å². The van der Waals surface area contributed by atoms with Crippen molar-refractivity contribution in [1.29, 1.82) is 0 Å². The van der Waals surface area contributed by atoms with Gasteiger partial charge >= 0.3 is 0 Å². The first-order chi connectivity index (χ1) is 20.1. The molecule has 0 fully saturated rings. The zero-order valence-electron chi connectivity index (χ0n) is 20.4. The van der Waals surface area contributed by atoms with Gasteiger partial charge in [-0.25, -0.2) is 4.98 Å². The average molecular weight is 760 g/mol. The molecule has 0 bridgehead atoms. The molecule has 0 spiro atoms. The number of benzene rings is 3. The molecule has 1 amide bonds. The molecule has 3 aromatic carbocycles. The molecule has 8 nitrogen and oxygen atoms in total. The summed E-state index contributed by atoms with van der Waals surface area (Å²) in [4.78, 5) is 45.7. The second kappa shape index (κ2) is 10.6. The third kappa shape index (κ3) is 4.55. The van der Waals surface area contributed by atoms with E-state index in [9.17, 15) is 27.4 Å². The van der Waals surface area contributed by atoms with E-state index < -0.39 is 38.4 Å². The fraction of sp³-hybridized carbons (Fsp3) is 0.0769. The largest absolute Gasteiger partial charge is 0.302 e. The van der Waals surface area contributed by atoms with Crippen molar-refractivity contribution in [2.75, 3.05) is 4.90 Å². The minimum absolute atomic E-state index is 0.0136. The van der Waals surface area contributed by atoms with E-state index in [0.29, 0.717) is 0 Å². The van der Waals surface area contributed by atoms with Gasteiger partial charge < -0.3 is 4.90 Å². The Morgan fingerprint density at radius 3 is 1.77 bits per heavy atom. The van der Waals surface area contributed by atoms with Gasteiger partial charge in [-0.2, -0.15) is 8.42 Å². The molecule has 2 aliphatic rings. The van der Waals surface area contributed by atoms with Crippen LogP contribution in [-0.2, 0) is 16.7 Å². The highest BCUT2D eigenvalue weighted by molar-refractivity contribution is 7.85. The Bertz CT molecular complexity index is 2110. The molecule has 220 valence electrons. The summed E-state index contributed by atoms with van der Waals surface area (Å²) in [5.41, 5.74) is -0.513. The van der Waals surface area contributed by atoms with Crippen LogP contribution in [0.25, 0.3) is 10.9 Å². The molecule has 17 heteroatoms. The van der Waals surface area contributed by atoms with Gasteiger partial charge in [0, 0.05) is 10.9 Å². The number of hydrogen-bond donors (Lipinski definition) is 1. The summed E-state index contributed by atoms with van der Waals surface area (Å²) in [5.74, 6) is -3.75. The Morgan fingerprint density at radius 2 is 1.23 bits per heavy atom. The van der Waals surface area contributed by atoms with Crippen LogP contribution in [-0.4, -0.2) is 35.4 Å². The number of rotatable bonds is 3. The molecule has 6 rings (SSSR count). The average Bonchev–Trinajstić information content (AvgIpc) is 3.44. The van der Waals surface area contributed by atoms with Gasteiger partial charge in [-0.1, -0.05) is 98.9 Å². The molecular formula is C26H8Cl8N2O6S. The maximum Gasteiger partial charge on any atom is 0.294 e. The summed E-state index contributed by atoms with van der Waals surface area (Å²) >= 11 is 49.8. The van der Waals surface area contributed by atoms with Gasteiger partial charge in [0.05, 0.1) is 85.2 Å². The number of pyridine rings is 1. The number of hydrogen-bond acceptors (Lipinski definition) is 6. The maximum atomic E-state index is 13.7. The fourth-order valence-corrected chi connectivity index (χ4v) is 7.71. The van der Waals surface area contributed by atoms with Gasteiger partial charge in [0.15, 0.2) is 11.6 Å². The number of carbonyl (C=O) groups excluding carboxylic acids is 3. The molecule has 0 atom stereocenters.